The number of hydrogen-bond donors (Lipinski definition) is 2. The van der Waals surface area contributed by atoms with Gasteiger partial charge in [0, 0.05) is 24.3 Å². The molecule has 1 heterocycles. The third-order valence-electron chi connectivity index (χ3n) is 2.98. The lowest BCUT2D eigenvalue weighted by Crippen LogP contribution is -2.08. The average molecular weight is 245 g/mol. The highest BCUT2D eigenvalue weighted by Gasteiger charge is 2.12. The molecule has 1 aromatic heterocycles. The number of nitrogens with zero attached hydrogens (tertiary/aromatic N) is 2. The van der Waals surface area contributed by atoms with Crippen LogP contribution in [0.4, 0.5) is 5.69 Å². The molecule has 0 spiro atoms. The minimum atomic E-state index is -0.546. The quantitative estimate of drug-likeness (QED) is 0.810. The van der Waals surface area contributed by atoms with Crippen LogP contribution in [0.15, 0.2) is 30.3 Å². The zero-order valence-electron chi connectivity index (χ0n) is 10.8. The summed E-state index contributed by atoms with van der Waals surface area (Å²) in [6.07, 6.45) is 0.00731. The zero-order chi connectivity index (χ0) is 13.1. The molecule has 0 saturated heterocycles. The Morgan fingerprint density at radius 2 is 2.17 bits per heavy atom. The molecule has 1 atom stereocenters. The number of nitrogens with two attached hydrogens (primary N) is 1. The average Bonchev–Trinajstić information content (AvgIpc) is 2.69. The van der Waals surface area contributed by atoms with Crippen LogP contribution in [0.25, 0.3) is 0 Å². The van der Waals surface area contributed by atoms with Crippen molar-refractivity contribution >= 4 is 5.69 Å². The molecule has 1 aromatic carbocycles. The molecular weight excluding hydrogens is 226 g/mol. The summed E-state index contributed by atoms with van der Waals surface area (Å²) in [7, 11) is 0. The predicted molar refractivity (Wildman–Crippen MR) is 72.2 cm³/mol. The van der Waals surface area contributed by atoms with Crippen molar-refractivity contribution in [3.8, 4) is 0 Å². The number of hydrogen-bond acceptors (Lipinski definition) is 3. The molecule has 0 radical (unpaired) electrons. The van der Waals surface area contributed by atoms with Gasteiger partial charge in [0.05, 0.1) is 11.8 Å². The second-order valence-electron chi connectivity index (χ2n) is 4.48. The highest BCUT2D eigenvalue weighted by atomic mass is 16.3. The van der Waals surface area contributed by atoms with Crippen molar-refractivity contribution in [2.24, 2.45) is 0 Å². The van der Waals surface area contributed by atoms with E-state index in [1.165, 1.54) is 0 Å². The standard InChI is InChI=1S/C14H19N3O/c1-3-17-13(7-10(2)16-17)9-14(18)11-5-4-6-12(15)8-11/h4-8,14,18H,3,9,15H2,1-2H3. The molecule has 2 aromatic rings. The van der Waals surface area contributed by atoms with E-state index in [9.17, 15) is 5.11 Å². The van der Waals surface area contributed by atoms with E-state index in [4.69, 9.17) is 5.73 Å². The van der Waals surface area contributed by atoms with Gasteiger partial charge in [0.1, 0.15) is 0 Å². The first-order valence-corrected chi connectivity index (χ1v) is 6.17. The number of aliphatic hydroxyl groups is 1. The number of benzene rings is 1. The van der Waals surface area contributed by atoms with Crippen molar-refractivity contribution in [2.45, 2.75) is 32.9 Å². The first-order valence-electron chi connectivity index (χ1n) is 6.17. The Morgan fingerprint density at radius 1 is 1.39 bits per heavy atom. The lowest BCUT2D eigenvalue weighted by atomic mass is 10.0. The van der Waals surface area contributed by atoms with Crippen LogP contribution in [0.1, 0.15) is 30.0 Å². The maximum Gasteiger partial charge on any atom is 0.0846 e. The monoisotopic (exact) mass is 245 g/mol. The molecule has 2 rings (SSSR count). The van der Waals surface area contributed by atoms with Gasteiger partial charge in [0.15, 0.2) is 0 Å². The molecule has 0 fully saturated rings. The molecule has 4 heteroatoms. The Morgan fingerprint density at radius 3 is 2.83 bits per heavy atom. The highest BCUT2D eigenvalue weighted by Crippen LogP contribution is 2.20. The third-order valence-corrected chi connectivity index (χ3v) is 2.98. The van der Waals surface area contributed by atoms with Gasteiger partial charge in [0.25, 0.3) is 0 Å². The van der Waals surface area contributed by atoms with Gasteiger partial charge in [-0.05, 0) is 37.6 Å². The van der Waals surface area contributed by atoms with E-state index >= 15 is 0 Å². The molecular formula is C14H19N3O. The SMILES string of the molecule is CCn1nc(C)cc1CC(O)c1cccc(N)c1. The Kier molecular flexibility index (Phi) is 3.67. The lowest BCUT2D eigenvalue weighted by molar-refractivity contribution is 0.175. The first-order chi connectivity index (χ1) is 8.60. The number of aliphatic hydroxyl groups excluding tert-OH is 1. The number of aryl methyl sites for hydroxylation is 2. The fraction of sp³-hybridized carbons (Fsp3) is 0.357. The number of aromatic nitrogens is 2. The Balaban J connectivity index is 2.18. The molecule has 0 aliphatic rings. The van der Waals surface area contributed by atoms with Crippen molar-refractivity contribution in [2.75, 3.05) is 5.73 Å². The van der Waals surface area contributed by atoms with Crippen molar-refractivity contribution in [3.63, 3.8) is 0 Å². The molecule has 1 unspecified atom stereocenters. The summed E-state index contributed by atoms with van der Waals surface area (Å²) in [4.78, 5) is 0. The second-order valence-corrected chi connectivity index (χ2v) is 4.48. The van der Waals surface area contributed by atoms with Gasteiger partial charge in [-0.25, -0.2) is 0 Å². The Labute approximate surface area is 107 Å². The number of nitrogen functional groups attached to an aromatic ring is 1. The maximum absolute atomic E-state index is 10.2. The van der Waals surface area contributed by atoms with Gasteiger partial charge in [0.2, 0.25) is 0 Å². The van der Waals surface area contributed by atoms with E-state index < -0.39 is 6.10 Å². The van der Waals surface area contributed by atoms with E-state index in [1.54, 1.807) is 0 Å². The van der Waals surface area contributed by atoms with Gasteiger partial charge in [-0.15, -0.1) is 0 Å². The van der Waals surface area contributed by atoms with Crippen LogP contribution in [0.3, 0.4) is 0 Å². The van der Waals surface area contributed by atoms with Crippen LogP contribution >= 0.6 is 0 Å². The summed E-state index contributed by atoms with van der Waals surface area (Å²) in [5.74, 6) is 0. The number of anilines is 1. The van der Waals surface area contributed by atoms with Crippen LogP contribution in [-0.2, 0) is 13.0 Å². The molecule has 0 saturated carbocycles. The molecule has 96 valence electrons. The first kappa shape index (κ1) is 12.6. The van der Waals surface area contributed by atoms with Crippen LogP contribution < -0.4 is 5.73 Å². The molecule has 0 amide bonds. The molecule has 0 bridgehead atoms. The fourth-order valence-electron chi connectivity index (χ4n) is 2.12. The van der Waals surface area contributed by atoms with Crippen LogP contribution in [0, 0.1) is 6.92 Å². The Hall–Kier alpha value is -1.81. The van der Waals surface area contributed by atoms with Crippen LogP contribution in [0.5, 0.6) is 0 Å². The van der Waals surface area contributed by atoms with Crippen molar-refractivity contribution < 1.29 is 5.11 Å². The van der Waals surface area contributed by atoms with E-state index in [1.807, 2.05) is 48.9 Å². The normalized spacial score (nSPS) is 12.6. The fourth-order valence-corrected chi connectivity index (χ4v) is 2.12. The van der Waals surface area contributed by atoms with E-state index in [0.717, 1.165) is 23.5 Å². The topological polar surface area (TPSA) is 64.1 Å². The predicted octanol–water partition coefficient (Wildman–Crippen LogP) is 2.07. The lowest BCUT2D eigenvalue weighted by Gasteiger charge is -2.12. The molecule has 3 N–H and O–H groups in total. The summed E-state index contributed by atoms with van der Waals surface area (Å²) >= 11 is 0. The third kappa shape index (κ3) is 2.71. The summed E-state index contributed by atoms with van der Waals surface area (Å²) in [5, 5.41) is 14.6. The Bertz CT molecular complexity index is 534. The summed E-state index contributed by atoms with van der Waals surface area (Å²) in [6.45, 7) is 4.82. The van der Waals surface area contributed by atoms with Gasteiger partial charge in [-0.3, -0.25) is 4.68 Å². The van der Waals surface area contributed by atoms with Crippen LogP contribution in [-0.4, -0.2) is 14.9 Å². The maximum atomic E-state index is 10.2. The van der Waals surface area contributed by atoms with Gasteiger partial charge >= 0.3 is 0 Å². The van der Waals surface area contributed by atoms with Gasteiger partial charge in [-0.2, -0.15) is 5.10 Å². The summed E-state index contributed by atoms with van der Waals surface area (Å²) in [6, 6.07) is 9.39. The van der Waals surface area contributed by atoms with Crippen molar-refractivity contribution in [1.29, 1.82) is 0 Å². The van der Waals surface area contributed by atoms with Gasteiger partial charge in [-0.1, -0.05) is 12.1 Å². The van der Waals surface area contributed by atoms with Crippen LogP contribution in [0.2, 0.25) is 0 Å². The van der Waals surface area contributed by atoms with Gasteiger partial charge < -0.3 is 10.8 Å². The molecule has 0 aliphatic carbocycles. The minimum Gasteiger partial charge on any atom is -0.399 e. The van der Waals surface area contributed by atoms with E-state index in [2.05, 4.69) is 5.10 Å². The minimum absolute atomic E-state index is 0.546. The smallest absolute Gasteiger partial charge is 0.0846 e. The van der Waals surface area contributed by atoms with E-state index in [0.29, 0.717) is 12.1 Å². The molecule has 18 heavy (non-hydrogen) atoms. The second kappa shape index (κ2) is 5.23. The molecule has 4 nitrogen and oxygen atoms in total. The number of rotatable bonds is 4. The largest absolute Gasteiger partial charge is 0.399 e. The summed E-state index contributed by atoms with van der Waals surface area (Å²) in [5.41, 5.74) is 9.26. The highest BCUT2D eigenvalue weighted by molar-refractivity contribution is 5.41. The van der Waals surface area contributed by atoms with E-state index in [-0.39, 0.29) is 0 Å². The van der Waals surface area contributed by atoms with Crippen molar-refractivity contribution in [3.05, 3.63) is 47.3 Å². The zero-order valence-corrected chi connectivity index (χ0v) is 10.8. The van der Waals surface area contributed by atoms with Crippen molar-refractivity contribution in [1.82, 2.24) is 9.78 Å². The summed E-state index contributed by atoms with van der Waals surface area (Å²) < 4.78 is 1.92. The molecule has 0 aliphatic heterocycles.